The third-order valence-electron chi connectivity index (χ3n) is 1.48. The summed E-state index contributed by atoms with van der Waals surface area (Å²) >= 11 is 0. The summed E-state index contributed by atoms with van der Waals surface area (Å²) < 4.78 is 0. The van der Waals surface area contributed by atoms with E-state index in [1.54, 1.807) is 0 Å². The molecule has 50 valence electrons. The summed E-state index contributed by atoms with van der Waals surface area (Å²) in [5.74, 6) is 0. The molecule has 0 amide bonds. The van der Waals surface area contributed by atoms with Gasteiger partial charge in [0.1, 0.15) is 0 Å². The Morgan fingerprint density at radius 1 is 1.38 bits per heavy atom. The smallest absolute Gasteiger partial charge is 0.0320 e. The first kappa shape index (κ1) is 8.43. The average Bonchev–Trinajstić information content (AvgIpc) is 1.67. The molecule has 0 aliphatic carbocycles. The summed E-state index contributed by atoms with van der Waals surface area (Å²) in [6.07, 6.45) is 3.87. The third kappa shape index (κ3) is 3.43. The van der Waals surface area contributed by atoms with Crippen molar-refractivity contribution in [3.8, 4) is 0 Å². The fraction of sp³-hybridized carbons (Fsp3) is 1.00. The summed E-state index contributed by atoms with van der Waals surface area (Å²) in [5.41, 5.74) is 0.555. The molecule has 0 aromatic carbocycles. The molecule has 0 nitrogen and oxygen atoms in total. The van der Waals surface area contributed by atoms with Crippen LogP contribution in [0.1, 0.15) is 33.6 Å². The van der Waals surface area contributed by atoms with E-state index >= 15 is 0 Å². The molecule has 1 heteroatoms. The first-order valence-electron chi connectivity index (χ1n) is 3.32. The standard InChI is InChI=1S/C7H17P/c1-4-5-7(2,3)6-8/h4-6,8H2,1-3H3. The van der Waals surface area contributed by atoms with Gasteiger partial charge in [0, 0.05) is 0 Å². The minimum atomic E-state index is 0.555. The maximum atomic E-state index is 2.80. The van der Waals surface area contributed by atoms with Gasteiger partial charge < -0.3 is 0 Å². The molecule has 0 aromatic rings. The third-order valence-corrected chi connectivity index (χ3v) is 2.58. The van der Waals surface area contributed by atoms with Gasteiger partial charge >= 0.3 is 0 Å². The quantitative estimate of drug-likeness (QED) is 0.518. The van der Waals surface area contributed by atoms with Crippen molar-refractivity contribution in [2.45, 2.75) is 33.6 Å². The summed E-state index contributed by atoms with van der Waals surface area (Å²) in [4.78, 5) is 0. The van der Waals surface area contributed by atoms with Crippen LogP contribution in [0.25, 0.3) is 0 Å². The SMILES string of the molecule is CCCC(C)(C)CP. The second-order valence-electron chi connectivity index (χ2n) is 3.12. The van der Waals surface area contributed by atoms with Gasteiger partial charge in [-0.1, -0.05) is 27.2 Å². The minimum absolute atomic E-state index is 0.555. The largest absolute Gasteiger partial charge is 0.137 e. The molecule has 0 aromatic heterocycles. The van der Waals surface area contributed by atoms with Crippen LogP contribution in [0, 0.1) is 5.41 Å². The van der Waals surface area contributed by atoms with E-state index in [0.29, 0.717) is 5.41 Å². The number of hydrogen-bond donors (Lipinski definition) is 0. The Morgan fingerprint density at radius 2 is 1.88 bits per heavy atom. The highest BCUT2D eigenvalue weighted by Crippen LogP contribution is 2.23. The maximum Gasteiger partial charge on any atom is -0.0320 e. The van der Waals surface area contributed by atoms with Crippen LogP contribution in [-0.2, 0) is 0 Å². The van der Waals surface area contributed by atoms with Crippen LogP contribution < -0.4 is 0 Å². The minimum Gasteiger partial charge on any atom is -0.137 e. The summed E-state index contributed by atoms with van der Waals surface area (Å²) in [6.45, 7) is 6.86. The normalized spacial score (nSPS) is 12.0. The Morgan fingerprint density at radius 3 is 2.00 bits per heavy atom. The second-order valence-corrected chi connectivity index (χ2v) is 3.53. The Bertz CT molecular complexity index is 57.4. The second kappa shape index (κ2) is 3.45. The molecule has 0 fully saturated rings. The maximum absolute atomic E-state index is 2.80. The van der Waals surface area contributed by atoms with Crippen molar-refractivity contribution in [2.24, 2.45) is 5.41 Å². The lowest BCUT2D eigenvalue weighted by molar-refractivity contribution is 0.382. The van der Waals surface area contributed by atoms with Crippen molar-refractivity contribution in [3.63, 3.8) is 0 Å². The van der Waals surface area contributed by atoms with Crippen molar-refractivity contribution in [1.29, 1.82) is 0 Å². The lowest BCUT2D eigenvalue weighted by Gasteiger charge is -2.20. The first-order chi connectivity index (χ1) is 3.62. The molecule has 8 heavy (non-hydrogen) atoms. The molecule has 0 heterocycles. The first-order valence-corrected chi connectivity index (χ1v) is 4.14. The Balaban J connectivity index is 3.37. The van der Waals surface area contributed by atoms with Gasteiger partial charge in [0.05, 0.1) is 0 Å². The lowest BCUT2D eigenvalue weighted by Crippen LogP contribution is -2.11. The van der Waals surface area contributed by atoms with Crippen LogP contribution in [0.4, 0.5) is 0 Å². The van der Waals surface area contributed by atoms with E-state index in [9.17, 15) is 0 Å². The van der Waals surface area contributed by atoms with Crippen molar-refractivity contribution in [2.75, 3.05) is 6.16 Å². The van der Waals surface area contributed by atoms with Crippen molar-refractivity contribution < 1.29 is 0 Å². The summed E-state index contributed by atoms with van der Waals surface area (Å²) in [6, 6.07) is 0. The molecule has 0 spiro atoms. The fourth-order valence-corrected chi connectivity index (χ4v) is 0.983. The van der Waals surface area contributed by atoms with Crippen LogP contribution in [-0.4, -0.2) is 6.16 Å². The number of rotatable bonds is 3. The van der Waals surface area contributed by atoms with Gasteiger partial charge in [-0.15, -0.1) is 9.24 Å². The van der Waals surface area contributed by atoms with E-state index in [-0.39, 0.29) is 0 Å². The van der Waals surface area contributed by atoms with Gasteiger partial charge in [-0.3, -0.25) is 0 Å². The van der Waals surface area contributed by atoms with Crippen molar-refractivity contribution in [1.82, 2.24) is 0 Å². The molecule has 1 unspecified atom stereocenters. The molecule has 0 aliphatic heterocycles. The van der Waals surface area contributed by atoms with E-state index < -0.39 is 0 Å². The molecular weight excluding hydrogens is 115 g/mol. The molecule has 0 saturated carbocycles. The predicted octanol–water partition coefficient (Wildman–Crippen LogP) is 2.69. The Hall–Kier alpha value is 0.430. The van der Waals surface area contributed by atoms with Gasteiger partial charge in [-0.25, -0.2) is 0 Å². The Kier molecular flexibility index (Phi) is 3.64. The highest BCUT2D eigenvalue weighted by Gasteiger charge is 2.12. The van der Waals surface area contributed by atoms with Gasteiger partial charge in [0.25, 0.3) is 0 Å². The zero-order valence-electron chi connectivity index (χ0n) is 6.20. The highest BCUT2D eigenvalue weighted by molar-refractivity contribution is 7.16. The van der Waals surface area contributed by atoms with Crippen LogP contribution in [0.3, 0.4) is 0 Å². The molecule has 0 aliphatic rings. The molecule has 0 saturated heterocycles. The lowest BCUT2D eigenvalue weighted by atomic mass is 9.91. The molecule has 0 N–H and O–H groups in total. The Labute approximate surface area is 55.3 Å². The molecule has 0 radical (unpaired) electrons. The van der Waals surface area contributed by atoms with E-state index in [1.807, 2.05) is 0 Å². The summed E-state index contributed by atoms with van der Waals surface area (Å²) in [5, 5.41) is 0. The predicted molar refractivity (Wildman–Crippen MR) is 43.3 cm³/mol. The van der Waals surface area contributed by atoms with Crippen molar-refractivity contribution >= 4 is 9.24 Å². The van der Waals surface area contributed by atoms with Crippen LogP contribution in [0.2, 0.25) is 0 Å². The van der Waals surface area contributed by atoms with E-state index in [1.165, 1.54) is 19.0 Å². The van der Waals surface area contributed by atoms with Crippen molar-refractivity contribution in [3.05, 3.63) is 0 Å². The highest BCUT2D eigenvalue weighted by atomic mass is 31.0. The van der Waals surface area contributed by atoms with Gasteiger partial charge in [-0.2, -0.15) is 0 Å². The van der Waals surface area contributed by atoms with E-state index in [4.69, 9.17) is 0 Å². The monoisotopic (exact) mass is 132 g/mol. The summed E-state index contributed by atoms with van der Waals surface area (Å²) in [7, 11) is 2.80. The topological polar surface area (TPSA) is 0 Å². The van der Waals surface area contributed by atoms with Crippen LogP contribution in [0.5, 0.6) is 0 Å². The molecular formula is C7H17P. The zero-order valence-corrected chi connectivity index (χ0v) is 7.35. The zero-order chi connectivity index (χ0) is 6.62. The van der Waals surface area contributed by atoms with Gasteiger partial charge in [0.15, 0.2) is 0 Å². The molecule has 0 rings (SSSR count). The molecule has 1 atom stereocenters. The van der Waals surface area contributed by atoms with Crippen LogP contribution in [0.15, 0.2) is 0 Å². The fourth-order valence-electron chi connectivity index (χ4n) is 0.779. The average molecular weight is 132 g/mol. The number of hydrogen-bond acceptors (Lipinski definition) is 0. The van der Waals surface area contributed by atoms with Gasteiger partial charge in [-0.05, 0) is 18.0 Å². The van der Waals surface area contributed by atoms with E-state index in [2.05, 4.69) is 30.0 Å². The van der Waals surface area contributed by atoms with E-state index in [0.717, 1.165) is 0 Å². The molecule has 0 bridgehead atoms. The van der Waals surface area contributed by atoms with Gasteiger partial charge in [0.2, 0.25) is 0 Å². The van der Waals surface area contributed by atoms with Crippen LogP contribution >= 0.6 is 9.24 Å².